The van der Waals surface area contributed by atoms with Crippen LogP contribution in [0.4, 0.5) is 0 Å². The zero-order valence-electron chi connectivity index (χ0n) is 9.75. The van der Waals surface area contributed by atoms with Crippen LogP contribution in [0.15, 0.2) is 23.1 Å². The van der Waals surface area contributed by atoms with E-state index in [9.17, 15) is 0 Å². The number of hydrogen-bond acceptors (Lipinski definition) is 2. The lowest BCUT2D eigenvalue weighted by atomic mass is 10.2. The van der Waals surface area contributed by atoms with Crippen LogP contribution in [0.25, 0.3) is 0 Å². The minimum absolute atomic E-state index is 0.0513. The minimum atomic E-state index is 0.0513. The third-order valence-electron chi connectivity index (χ3n) is 2.49. The lowest BCUT2D eigenvalue weighted by Gasteiger charge is -2.16. The van der Waals surface area contributed by atoms with Gasteiger partial charge in [0.25, 0.3) is 0 Å². The molecule has 1 atom stereocenters. The predicted octanol–water partition coefficient (Wildman–Crippen LogP) is 3.76. The average Bonchev–Trinajstić information content (AvgIpc) is 2.20. The van der Waals surface area contributed by atoms with E-state index in [4.69, 9.17) is 22.7 Å². The first kappa shape index (κ1) is 13.4. The molecule has 0 saturated heterocycles. The number of halogens is 1. The molecule has 0 aliphatic carbocycles. The van der Waals surface area contributed by atoms with Gasteiger partial charge >= 0.3 is 0 Å². The summed E-state index contributed by atoms with van der Waals surface area (Å²) in [6, 6.07) is 5.52. The highest BCUT2D eigenvalue weighted by Crippen LogP contribution is 2.33. The largest absolute Gasteiger partial charge is 0.384 e. The van der Waals surface area contributed by atoms with E-state index in [1.807, 2.05) is 12.1 Å². The Labute approximate surface area is 106 Å². The summed E-state index contributed by atoms with van der Waals surface area (Å²) in [7, 11) is 0. The van der Waals surface area contributed by atoms with Gasteiger partial charge in [0.1, 0.15) is 5.84 Å². The maximum atomic E-state index is 7.32. The second-order valence-corrected chi connectivity index (χ2v) is 5.95. The Kier molecular flexibility index (Phi) is 4.69. The average molecular weight is 257 g/mol. The molecule has 0 radical (unpaired) electrons. The van der Waals surface area contributed by atoms with Gasteiger partial charge < -0.3 is 5.73 Å². The van der Waals surface area contributed by atoms with E-state index < -0.39 is 0 Å². The number of nitrogens with two attached hydrogens (primary N) is 1. The molecule has 0 aliphatic heterocycles. The van der Waals surface area contributed by atoms with Gasteiger partial charge in [0.15, 0.2) is 0 Å². The Morgan fingerprint density at radius 1 is 1.38 bits per heavy atom. The summed E-state index contributed by atoms with van der Waals surface area (Å²) in [5.74, 6) is 0.656. The Morgan fingerprint density at radius 3 is 2.44 bits per heavy atom. The van der Waals surface area contributed by atoms with Crippen molar-refractivity contribution in [3.05, 3.63) is 28.8 Å². The normalized spacial score (nSPS) is 12.8. The maximum Gasteiger partial charge on any atom is 0.122 e. The molecule has 1 aromatic carbocycles. The lowest BCUT2D eigenvalue weighted by molar-refractivity contribution is 0.642. The smallest absolute Gasteiger partial charge is 0.122 e. The van der Waals surface area contributed by atoms with Gasteiger partial charge in [-0.1, -0.05) is 38.4 Å². The fourth-order valence-corrected chi connectivity index (χ4v) is 2.41. The number of rotatable bonds is 4. The number of thioether (sulfide) groups is 1. The first-order valence-electron chi connectivity index (χ1n) is 5.22. The van der Waals surface area contributed by atoms with Crippen LogP contribution in [-0.4, -0.2) is 11.1 Å². The van der Waals surface area contributed by atoms with Gasteiger partial charge in [-0.05, 0) is 18.1 Å². The van der Waals surface area contributed by atoms with Crippen LogP contribution < -0.4 is 5.73 Å². The minimum Gasteiger partial charge on any atom is -0.384 e. The maximum absolute atomic E-state index is 7.32. The molecule has 0 bridgehead atoms. The molecule has 1 aromatic rings. The van der Waals surface area contributed by atoms with Crippen LogP contribution in [0.5, 0.6) is 0 Å². The molecule has 16 heavy (non-hydrogen) atoms. The Hall–Kier alpha value is -0.670. The zero-order chi connectivity index (χ0) is 12.3. The van der Waals surface area contributed by atoms with E-state index in [1.165, 1.54) is 0 Å². The SMILES string of the molecule is CC(C)C(C)Sc1ccc(C(=N)N)cc1Cl. The summed E-state index contributed by atoms with van der Waals surface area (Å²) in [5.41, 5.74) is 6.07. The molecular formula is C12H17ClN2S. The van der Waals surface area contributed by atoms with Crippen molar-refractivity contribution in [1.29, 1.82) is 5.41 Å². The van der Waals surface area contributed by atoms with Gasteiger partial charge in [0.2, 0.25) is 0 Å². The van der Waals surface area contributed by atoms with Crippen molar-refractivity contribution in [1.82, 2.24) is 0 Å². The van der Waals surface area contributed by atoms with Crippen LogP contribution in [0, 0.1) is 11.3 Å². The molecule has 0 heterocycles. The Balaban J connectivity index is 2.87. The highest BCUT2D eigenvalue weighted by atomic mass is 35.5. The number of nitrogen functional groups attached to an aromatic ring is 1. The van der Waals surface area contributed by atoms with E-state index >= 15 is 0 Å². The van der Waals surface area contributed by atoms with Crippen LogP contribution in [0.2, 0.25) is 5.02 Å². The fourth-order valence-electron chi connectivity index (χ4n) is 1.10. The molecule has 88 valence electrons. The van der Waals surface area contributed by atoms with Crippen LogP contribution in [0.3, 0.4) is 0 Å². The van der Waals surface area contributed by atoms with Crippen molar-refractivity contribution >= 4 is 29.2 Å². The molecule has 4 heteroatoms. The fraction of sp³-hybridized carbons (Fsp3) is 0.417. The molecule has 1 rings (SSSR count). The van der Waals surface area contributed by atoms with Crippen molar-refractivity contribution in [3.63, 3.8) is 0 Å². The highest BCUT2D eigenvalue weighted by molar-refractivity contribution is 8.00. The number of amidine groups is 1. The van der Waals surface area contributed by atoms with Gasteiger partial charge in [-0.15, -0.1) is 11.8 Å². The number of benzene rings is 1. The van der Waals surface area contributed by atoms with Crippen LogP contribution in [-0.2, 0) is 0 Å². The molecule has 0 saturated carbocycles. The molecule has 0 fully saturated rings. The van der Waals surface area contributed by atoms with Crippen molar-refractivity contribution in [2.45, 2.75) is 30.9 Å². The van der Waals surface area contributed by atoms with E-state index in [0.29, 0.717) is 21.8 Å². The van der Waals surface area contributed by atoms with Crippen LogP contribution in [0.1, 0.15) is 26.3 Å². The quantitative estimate of drug-likeness (QED) is 0.490. The summed E-state index contributed by atoms with van der Waals surface area (Å²) in [4.78, 5) is 1.05. The predicted molar refractivity (Wildman–Crippen MR) is 72.6 cm³/mol. The van der Waals surface area contributed by atoms with Gasteiger partial charge in [0.05, 0.1) is 5.02 Å². The molecule has 3 N–H and O–H groups in total. The topological polar surface area (TPSA) is 49.9 Å². The summed E-state index contributed by atoms with van der Waals surface area (Å²) < 4.78 is 0. The third-order valence-corrected chi connectivity index (χ3v) is 4.45. The monoisotopic (exact) mass is 256 g/mol. The lowest BCUT2D eigenvalue weighted by Crippen LogP contribution is -2.11. The molecule has 2 nitrogen and oxygen atoms in total. The van der Waals surface area contributed by atoms with Gasteiger partial charge in [-0.3, -0.25) is 5.41 Å². The second-order valence-electron chi connectivity index (χ2n) is 4.13. The van der Waals surface area contributed by atoms with Crippen molar-refractivity contribution in [3.8, 4) is 0 Å². The van der Waals surface area contributed by atoms with Gasteiger partial charge in [0, 0.05) is 15.7 Å². The Morgan fingerprint density at radius 2 is 2.00 bits per heavy atom. The van der Waals surface area contributed by atoms with Crippen molar-refractivity contribution in [2.24, 2.45) is 11.7 Å². The first-order valence-corrected chi connectivity index (χ1v) is 6.48. The van der Waals surface area contributed by atoms with Gasteiger partial charge in [-0.2, -0.15) is 0 Å². The first-order chi connectivity index (χ1) is 7.41. The van der Waals surface area contributed by atoms with E-state index in [-0.39, 0.29) is 5.84 Å². The molecule has 1 unspecified atom stereocenters. The van der Waals surface area contributed by atoms with Crippen LogP contribution >= 0.6 is 23.4 Å². The Bertz CT molecular complexity index is 391. The number of hydrogen-bond donors (Lipinski definition) is 2. The molecular weight excluding hydrogens is 240 g/mol. The van der Waals surface area contributed by atoms with Crippen molar-refractivity contribution in [2.75, 3.05) is 0 Å². The van der Waals surface area contributed by atoms with E-state index in [1.54, 1.807) is 17.8 Å². The summed E-state index contributed by atoms with van der Waals surface area (Å²) in [6.45, 7) is 6.57. The summed E-state index contributed by atoms with van der Waals surface area (Å²) in [5, 5.41) is 8.51. The second kappa shape index (κ2) is 5.60. The molecule has 0 amide bonds. The van der Waals surface area contributed by atoms with Gasteiger partial charge in [-0.25, -0.2) is 0 Å². The summed E-state index contributed by atoms with van der Waals surface area (Å²) in [6.07, 6.45) is 0. The van der Waals surface area contributed by atoms with E-state index in [2.05, 4.69) is 20.8 Å². The van der Waals surface area contributed by atoms with Crippen molar-refractivity contribution < 1.29 is 0 Å². The molecule has 0 aliphatic rings. The third kappa shape index (κ3) is 3.42. The number of nitrogens with one attached hydrogen (secondary N) is 1. The molecule has 0 aromatic heterocycles. The standard InChI is InChI=1S/C12H17ClN2S/c1-7(2)8(3)16-11-5-4-9(12(14)15)6-10(11)13/h4-8H,1-3H3,(H3,14,15). The highest BCUT2D eigenvalue weighted by Gasteiger charge is 2.11. The summed E-state index contributed by atoms with van der Waals surface area (Å²) >= 11 is 7.90. The van der Waals surface area contributed by atoms with E-state index in [0.717, 1.165) is 4.90 Å². The molecule has 0 spiro atoms. The zero-order valence-corrected chi connectivity index (χ0v) is 11.3.